The predicted octanol–water partition coefficient (Wildman–Crippen LogP) is 5.02. The number of amides is 1. The number of halogens is 3. The monoisotopic (exact) mass is 565 g/mol. The van der Waals surface area contributed by atoms with Crippen LogP contribution >= 0.6 is 60.0 Å². The third-order valence-corrected chi connectivity index (χ3v) is 5.00. The fourth-order valence-corrected chi connectivity index (χ4v) is 4.04. The lowest BCUT2D eigenvalue weighted by atomic mass is 10.2. The third kappa shape index (κ3) is 5.00. The van der Waals surface area contributed by atoms with Gasteiger partial charge < -0.3 is 10.1 Å². The molecular formula is C15H10Br3N3O4S. The molecule has 7 nitrogen and oxygen atoms in total. The van der Waals surface area contributed by atoms with Gasteiger partial charge in [-0.25, -0.2) is 0 Å². The summed E-state index contributed by atoms with van der Waals surface area (Å²) in [6.45, 7) is 0. The summed E-state index contributed by atoms with van der Waals surface area (Å²) in [5, 5.41) is 16.1. The van der Waals surface area contributed by atoms with E-state index in [-0.39, 0.29) is 16.4 Å². The lowest BCUT2D eigenvalue weighted by Gasteiger charge is -2.14. The summed E-state index contributed by atoms with van der Waals surface area (Å²) in [7, 11) is 1.45. The first-order valence-corrected chi connectivity index (χ1v) is 9.61. The molecule has 0 fully saturated rings. The second-order valence-corrected chi connectivity index (χ2v) is 7.83. The normalized spacial score (nSPS) is 10.2. The number of nitro benzene ring substituents is 1. The van der Waals surface area contributed by atoms with Gasteiger partial charge in [-0.3, -0.25) is 20.2 Å². The number of methoxy groups -OCH3 is 1. The maximum Gasteiger partial charge on any atom is 0.270 e. The van der Waals surface area contributed by atoms with E-state index < -0.39 is 10.8 Å². The Labute approximate surface area is 179 Å². The molecule has 2 aromatic carbocycles. The molecule has 0 aliphatic carbocycles. The van der Waals surface area contributed by atoms with Gasteiger partial charge in [-0.05, 0) is 62.3 Å². The summed E-state index contributed by atoms with van der Waals surface area (Å²) in [6, 6.07) is 7.49. The second kappa shape index (κ2) is 8.89. The van der Waals surface area contributed by atoms with Crippen molar-refractivity contribution in [3.63, 3.8) is 0 Å². The van der Waals surface area contributed by atoms with Crippen molar-refractivity contribution < 1.29 is 14.5 Å². The SMILES string of the molecule is COc1c(Br)cc(Br)cc1C(=O)NC(=S)Nc1ccc([N+](=O)[O-])cc1Br. The molecule has 0 unspecified atom stereocenters. The fourth-order valence-electron chi connectivity index (χ4n) is 1.98. The number of rotatable bonds is 4. The number of carbonyl (C=O) groups is 1. The molecule has 0 radical (unpaired) electrons. The molecule has 11 heteroatoms. The van der Waals surface area contributed by atoms with Crippen molar-refractivity contribution in [1.82, 2.24) is 5.32 Å². The Kier molecular flexibility index (Phi) is 7.09. The highest BCUT2D eigenvalue weighted by Crippen LogP contribution is 2.32. The highest BCUT2D eigenvalue weighted by Gasteiger charge is 2.18. The number of nitrogens with zero attached hydrogens (tertiary/aromatic N) is 1. The summed E-state index contributed by atoms with van der Waals surface area (Å²) < 4.78 is 6.97. The van der Waals surface area contributed by atoms with Crippen molar-refractivity contribution in [2.24, 2.45) is 0 Å². The van der Waals surface area contributed by atoms with E-state index in [1.165, 1.54) is 25.3 Å². The summed E-state index contributed by atoms with van der Waals surface area (Å²) in [5.74, 6) is -0.107. The molecule has 0 saturated heterocycles. The Morgan fingerprint density at radius 2 is 1.88 bits per heavy atom. The number of thiocarbonyl (C=S) groups is 1. The van der Waals surface area contributed by atoms with Crippen molar-refractivity contribution in [2.45, 2.75) is 0 Å². The van der Waals surface area contributed by atoms with Crippen LogP contribution in [0.4, 0.5) is 11.4 Å². The van der Waals surface area contributed by atoms with Gasteiger partial charge in [0.1, 0.15) is 5.75 Å². The number of carbonyl (C=O) groups excluding carboxylic acids is 1. The smallest absolute Gasteiger partial charge is 0.270 e. The van der Waals surface area contributed by atoms with E-state index in [4.69, 9.17) is 17.0 Å². The number of non-ortho nitro benzene ring substituents is 1. The first-order chi connectivity index (χ1) is 12.2. The number of hydrogen-bond acceptors (Lipinski definition) is 5. The van der Waals surface area contributed by atoms with Gasteiger partial charge in [0.15, 0.2) is 5.11 Å². The van der Waals surface area contributed by atoms with Gasteiger partial charge in [0.25, 0.3) is 11.6 Å². The zero-order valence-corrected chi connectivity index (χ0v) is 18.6. The summed E-state index contributed by atoms with van der Waals surface area (Å²) in [6.07, 6.45) is 0. The second-order valence-electron chi connectivity index (χ2n) is 4.80. The Bertz CT molecular complexity index is 908. The van der Waals surface area contributed by atoms with Gasteiger partial charge in [-0.15, -0.1) is 0 Å². The zero-order chi connectivity index (χ0) is 19.4. The molecule has 0 spiro atoms. The standard InChI is InChI=1S/C15H10Br3N3O4S/c1-25-13-9(4-7(16)5-11(13)18)14(22)20-15(26)19-12-3-2-8(21(23)24)6-10(12)17/h2-6H,1H3,(H2,19,20,22,26). The van der Waals surface area contributed by atoms with Gasteiger partial charge in [-0.1, -0.05) is 15.9 Å². The zero-order valence-electron chi connectivity index (χ0n) is 13.0. The van der Waals surface area contributed by atoms with Crippen LogP contribution < -0.4 is 15.4 Å². The Balaban J connectivity index is 2.16. The number of nitrogens with one attached hydrogen (secondary N) is 2. The van der Waals surface area contributed by atoms with E-state index in [0.29, 0.717) is 24.9 Å². The lowest BCUT2D eigenvalue weighted by Crippen LogP contribution is -2.34. The average molecular weight is 568 g/mol. The van der Waals surface area contributed by atoms with E-state index in [0.717, 1.165) is 0 Å². The molecule has 0 aliphatic heterocycles. The molecule has 0 heterocycles. The number of ether oxygens (including phenoxy) is 1. The van der Waals surface area contributed by atoms with Crippen LogP contribution in [0.5, 0.6) is 5.75 Å². The fraction of sp³-hybridized carbons (Fsp3) is 0.0667. The first kappa shape index (κ1) is 20.7. The molecule has 136 valence electrons. The van der Waals surface area contributed by atoms with Crippen LogP contribution in [0.15, 0.2) is 43.7 Å². The largest absolute Gasteiger partial charge is 0.495 e. The summed E-state index contributed by atoms with van der Waals surface area (Å²) in [5.41, 5.74) is 0.685. The molecule has 0 saturated carbocycles. The topological polar surface area (TPSA) is 93.5 Å². The molecule has 0 aromatic heterocycles. The molecule has 0 atom stereocenters. The van der Waals surface area contributed by atoms with Crippen molar-refractivity contribution in [1.29, 1.82) is 0 Å². The molecule has 2 aromatic rings. The highest BCUT2D eigenvalue weighted by atomic mass is 79.9. The maximum atomic E-state index is 12.5. The molecule has 0 bridgehead atoms. The van der Waals surface area contributed by atoms with E-state index >= 15 is 0 Å². The summed E-state index contributed by atoms with van der Waals surface area (Å²) >= 11 is 15.0. The highest BCUT2D eigenvalue weighted by molar-refractivity contribution is 9.11. The van der Waals surface area contributed by atoms with Gasteiger partial charge in [0.2, 0.25) is 0 Å². The molecular weight excluding hydrogens is 558 g/mol. The van der Waals surface area contributed by atoms with E-state index in [2.05, 4.69) is 58.4 Å². The number of nitro groups is 1. The van der Waals surface area contributed by atoms with Crippen molar-refractivity contribution in [3.05, 3.63) is 59.4 Å². The predicted molar refractivity (Wildman–Crippen MR) is 113 cm³/mol. The quantitative estimate of drug-likeness (QED) is 0.306. The molecule has 26 heavy (non-hydrogen) atoms. The summed E-state index contributed by atoms with van der Waals surface area (Å²) in [4.78, 5) is 22.8. The number of anilines is 1. The number of benzene rings is 2. The molecule has 2 rings (SSSR count). The van der Waals surface area contributed by atoms with Crippen molar-refractivity contribution >= 4 is 82.4 Å². The lowest BCUT2D eigenvalue weighted by molar-refractivity contribution is -0.384. The minimum Gasteiger partial charge on any atom is -0.495 e. The molecule has 1 amide bonds. The Hall–Kier alpha value is -1.56. The molecule has 2 N–H and O–H groups in total. The van der Waals surface area contributed by atoms with Crippen molar-refractivity contribution in [3.8, 4) is 5.75 Å². The van der Waals surface area contributed by atoms with Gasteiger partial charge in [0, 0.05) is 21.1 Å². The molecule has 0 aliphatic rings. The Morgan fingerprint density at radius 1 is 1.19 bits per heavy atom. The van der Waals surface area contributed by atoms with E-state index in [1.807, 2.05) is 0 Å². The maximum absolute atomic E-state index is 12.5. The van der Waals surface area contributed by atoms with Crippen LogP contribution in [-0.4, -0.2) is 23.1 Å². The van der Waals surface area contributed by atoms with E-state index in [1.54, 1.807) is 12.1 Å². The first-order valence-electron chi connectivity index (χ1n) is 6.82. The van der Waals surface area contributed by atoms with Crippen LogP contribution in [-0.2, 0) is 0 Å². The average Bonchev–Trinajstić information content (AvgIpc) is 2.55. The Morgan fingerprint density at radius 3 is 2.46 bits per heavy atom. The van der Waals surface area contributed by atoms with Gasteiger partial charge in [-0.2, -0.15) is 0 Å². The van der Waals surface area contributed by atoms with Crippen LogP contribution in [0.3, 0.4) is 0 Å². The third-order valence-electron chi connectivity index (χ3n) is 3.10. The van der Waals surface area contributed by atoms with E-state index in [9.17, 15) is 14.9 Å². The minimum absolute atomic E-state index is 0.0303. The van der Waals surface area contributed by atoms with Crippen LogP contribution in [0.25, 0.3) is 0 Å². The van der Waals surface area contributed by atoms with Gasteiger partial charge in [0.05, 0.1) is 27.8 Å². The van der Waals surface area contributed by atoms with Crippen LogP contribution in [0.2, 0.25) is 0 Å². The number of hydrogen-bond donors (Lipinski definition) is 2. The van der Waals surface area contributed by atoms with Crippen molar-refractivity contribution in [2.75, 3.05) is 12.4 Å². The minimum atomic E-state index is -0.508. The van der Waals surface area contributed by atoms with Crippen LogP contribution in [0.1, 0.15) is 10.4 Å². The van der Waals surface area contributed by atoms with Crippen LogP contribution in [0, 0.1) is 10.1 Å². The van der Waals surface area contributed by atoms with Gasteiger partial charge >= 0.3 is 0 Å².